The molecule has 3 aromatic rings. The Morgan fingerprint density at radius 2 is 1.83 bits per heavy atom. The number of pyridine rings is 1. The molecule has 1 heterocycles. The monoisotopic (exact) mass is 153 g/mol. The van der Waals surface area contributed by atoms with E-state index < -0.39 is 0 Å². The summed E-state index contributed by atoms with van der Waals surface area (Å²) >= 11 is 0. The molecule has 3 rings (SSSR count). The van der Waals surface area contributed by atoms with Crippen LogP contribution in [0.5, 0.6) is 0 Å². The molecule has 56 valence electrons. The SMILES string of the molecule is c1cc2ccc3cc2c(c1)cn3. The highest BCUT2D eigenvalue weighted by molar-refractivity contribution is 6.00. The molecule has 0 spiro atoms. The molecule has 0 aliphatic rings. The minimum atomic E-state index is 1.06. The van der Waals surface area contributed by atoms with Crippen molar-refractivity contribution in [2.75, 3.05) is 0 Å². The topological polar surface area (TPSA) is 12.9 Å². The van der Waals surface area contributed by atoms with Gasteiger partial charge in [-0.3, -0.25) is 4.98 Å². The van der Waals surface area contributed by atoms with Crippen LogP contribution in [0.2, 0.25) is 0 Å². The fraction of sp³-hybridized carbons (Fsp3) is 0. The van der Waals surface area contributed by atoms with E-state index >= 15 is 0 Å². The van der Waals surface area contributed by atoms with Crippen LogP contribution >= 0.6 is 0 Å². The Hall–Kier alpha value is -1.63. The van der Waals surface area contributed by atoms with Gasteiger partial charge in [-0.1, -0.05) is 24.3 Å². The second-order valence-corrected chi connectivity index (χ2v) is 3.01. The Kier molecular flexibility index (Phi) is 0.965. The Morgan fingerprint density at radius 1 is 0.917 bits per heavy atom. The lowest BCUT2D eigenvalue weighted by atomic mass is 10.1. The summed E-state index contributed by atoms with van der Waals surface area (Å²) in [6, 6.07) is 12.6. The predicted octanol–water partition coefficient (Wildman–Crippen LogP) is 2.83. The van der Waals surface area contributed by atoms with Gasteiger partial charge in [-0.15, -0.1) is 0 Å². The quantitative estimate of drug-likeness (QED) is 0.484. The molecule has 0 aliphatic carbocycles. The van der Waals surface area contributed by atoms with Crippen LogP contribution in [0, 0.1) is 0 Å². The van der Waals surface area contributed by atoms with Crippen LogP contribution in [0.25, 0.3) is 21.7 Å². The molecule has 0 unspecified atom stereocenters. The average Bonchev–Trinajstić information content (AvgIpc) is 2.17. The lowest BCUT2D eigenvalue weighted by Gasteiger charge is -2.02. The standard InChI is InChI=1S/C11H7N/c1-2-8-4-5-10-6-11(8)9(3-1)7-12-10/h1-7H. The van der Waals surface area contributed by atoms with E-state index in [4.69, 9.17) is 0 Å². The van der Waals surface area contributed by atoms with Gasteiger partial charge >= 0.3 is 0 Å². The van der Waals surface area contributed by atoms with Gasteiger partial charge in [-0.25, -0.2) is 0 Å². The Morgan fingerprint density at radius 3 is 2.83 bits per heavy atom. The largest absolute Gasteiger partial charge is 0.256 e. The molecular weight excluding hydrogens is 146 g/mol. The highest BCUT2D eigenvalue weighted by Crippen LogP contribution is 2.22. The van der Waals surface area contributed by atoms with Gasteiger partial charge in [0.15, 0.2) is 0 Å². The molecule has 2 aromatic carbocycles. The maximum absolute atomic E-state index is 4.28. The zero-order chi connectivity index (χ0) is 7.97. The molecule has 0 radical (unpaired) electrons. The number of aromatic nitrogens is 1. The van der Waals surface area contributed by atoms with Gasteiger partial charge in [0.1, 0.15) is 0 Å². The van der Waals surface area contributed by atoms with Crippen molar-refractivity contribution in [1.82, 2.24) is 4.98 Å². The summed E-state index contributed by atoms with van der Waals surface area (Å²) < 4.78 is 0. The Bertz CT molecular complexity index is 487. The zero-order valence-corrected chi connectivity index (χ0v) is 6.49. The van der Waals surface area contributed by atoms with Gasteiger partial charge < -0.3 is 0 Å². The van der Waals surface area contributed by atoms with E-state index in [2.05, 4.69) is 35.3 Å². The van der Waals surface area contributed by atoms with Crippen molar-refractivity contribution in [2.24, 2.45) is 0 Å². The second-order valence-electron chi connectivity index (χ2n) is 3.01. The van der Waals surface area contributed by atoms with E-state index in [0.29, 0.717) is 0 Å². The molecule has 0 saturated carbocycles. The summed E-state index contributed by atoms with van der Waals surface area (Å²) in [5.41, 5.74) is 1.06. The van der Waals surface area contributed by atoms with Crippen molar-refractivity contribution in [3.63, 3.8) is 0 Å². The molecule has 0 aliphatic heterocycles. The van der Waals surface area contributed by atoms with E-state index in [1.54, 1.807) is 0 Å². The fourth-order valence-corrected chi connectivity index (χ4v) is 1.62. The van der Waals surface area contributed by atoms with E-state index in [-0.39, 0.29) is 0 Å². The lowest BCUT2D eigenvalue weighted by Crippen LogP contribution is -1.80. The number of hydrogen-bond donors (Lipinski definition) is 0. The van der Waals surface area contributed by atoms with Crippen molar-refractivity contribution in [1.29, 1.82) is 0 Å². The highest BCUT2D eigenvalue weighted by Gasteiger charge is 1.98. The van der Waals surface area contributed by atoms with E-state index in [1.807, 2.05) is 12.3 Å². The summed E-state index contributed by atoms with van der Waals surface area (Å²) in [5, 5.41) is 3.83. The van der Waals surface area contributed by atoms with Crippen molar-refractivity contribution >= 4 is 21.7 Å². The second kappa shape index (κ2) is 1.95. The minimum Gasteiger partial charge on any atom is -0.256 e. The minimum absolute atomic E-state index is 1.06. The van der Waals surface area contributed by atoms with Gasteiger partial charge in [0.25, 0.3) is 0 Å². The Balaban J connectivity index is 2.73. The molecule has 1 heteroatoms. The third-order valence-corrected chi connectivity index (χ3v) is 2.25. The highest BCUT2D eigenvalue weighted by atomic mass is 14.6. The van der Waals surface area contributed by atoms with E-state index in [1.165, 1.54) is 16.2 Å². The smallest absolute Gasteiger partial charge is 0.0636 e. The molecule has 0 saturated heterocycles. The number of rotatable bonds is 0. The number of fused-ring (bicyclic) bond motifs is 1. The predicted molar refractivity (Wildman–Crippen MR) is 50.4 cm³/mol. The van der Waals surface area contributed by atoms with Crippen LogP contribution in [-0.4, -0.2) is 4.98 Å². The van der Waals surface area contributed by atoms with Crippen LogP contribution < -0.4 is 0 Å². The summed E-state index contributed by atoms with van der Waals surface area (Å²) in [6.45, 7) is 0. The third-order valence-electron chi connectivity index (χ3n) is 2.25. The molecule has 1 aromatic heterocycles. The first-order valence-corrected chi connectivity index (χ1v) is 4.00. The molecule has 0 atom stereocenters. The van der Waals surface area contributed by atoms with Crippen molar-refractivity contribution in [3.8, 4) is 0 Å². The normalized spacial score (nSPS) is 11.3. The summed E-state index contributed by atoms with van der Waals surface area (Å²) in [7, 11) is 0. The lowest BCUT2D eigenvalue weighted by molar-refractivity contribution is 1.43. The van der Waals surface area contributed by atoms with Gasteiger partial charge in [0.2, 0.25) is 0 Å². The molecule has 2 bridgehead atoms. The third kappa shape index (κ3) is 0.654. The average molecular weight is 153 g/mol. The molecule has 0 fully saturated rings. The van der Waals surface area contributed by atoms with Crippen LogP contribution in [0.3, 0.4) is 0 Å². The number of benzene rings is 2. The van der Waals surface area contributed by atoms with Crippen LogP contribution in [0.15, 0.2) is 42.6 Å². The maximum atomic E-state index is 4.28. The van der Waals surface area contributed by atoms with E-state index in [0.717, 1.165) is 5.52 Å². The Labute approximate surface area is 70.0 Å². The van der Waals surface area contributed by atoms with Crippen molar-refractivity contribution in [2.45, 2.75) is 0 Å². The van der Waals surface area contributed by atoms with Crippen molar-refractivity contribution < 1.29 is 0 Å². The summed E-state index contributed by atoms with van der Waals surface area (Å²) in [5.74, 6) is 0. The van der Waals surface area contributed by atoms with Crippen LogP contribution in [0.4, 0.5) is 0 Å². The summed E-state index contributed by atoms with van der Waals surface area (Å²) in [6.07, 6.45) is 1.93. The number of hydrogen-bond acceptors (Lipinski definition) is 1. The van der Waals surface area contributed by atoms with Crippen LogP contribution in [0.1, 0.15) is 0 Å². The van der Waals surface area contributed by atoms with Crippen molar-refractivity contribution in [3.05, 3.63) is 42.6 Å². The van der Waals surface area contributed by atoms with Gasteiger partial charge in [0, 0.05) is 11.6 Å². The maximum Gasteiger partial charge on any atom is 0.0636 e. The first-order chi connectivity index (χ1) is 5.93. The van der Waals surface area contributed by atoms with Gasteiger partial charge in [-0.2, -0.15) is 0 Å². The molecule has 0 amide bonds. The van der Waals surface area contributed by atoms with Gasteiger partial charge in [0.05, 0.1) is 5.52 Å². The molecular formula is C11H7N. The first kappa shape index (κ1) is 5.95. The molecule has 12 heavy (non-hydrogen) atoms. The summed E-state index contributed by atoms with van der Waals surface area (Å²) in [4.78, 5) is 4.28. The van der Waals surface area contributed by atoms with Gasteiger partial charge in [-0.05, 0) is 22.9 Å². The first-order valence-electron chi connectivity index (χ1n) is 4.00. The van der Waals surface area contributed by atoms with E-state index in [9.17, 15) is 0 Å². The molecule has 0 N–H and O–H groups in total. The van der Waals surface area contributed by atoms with Crippen LogP contribution in [-0.2, 0) is 0 Å². The number of nitrogens with zero attached hydrogens (tertiary/aromatic N) is 1. The fourth-order valence-electron chi connectivity index (χ4n) is 1.62. The zero-order valence-electron chi connectivity index (χ0n) is 6.49. The molecule has 1 nitrogen and oxygen atoms in total.